The number of methoxy groups -OCH3 is 1. The molecule has 0 bridgehead atoms. The van der Waals surface area contributed by atoms with E-state index in [1.54, 1.807) is 19.2 Å². The lowest BCUT2D eigenvalue weighted by atomic mass is 9.96. The molecule has 2 atom stereocenters. The number of benzene rings is 1. The molecule has 1 aromatic rings. The van der Waals surface area contributed by atoms with Crippen LogP contribution in [0.4, 0.5) is 4.39 Å². The van der Waals surface area contributed by atoms with Crippen molar-refractivity contribution in [3.05, 3.63) is 29.6 Å². The summed E-state index contributed by atoms with van der Waals surface area (Å²) in [6.45, 7) is 1.03. The highest BCUT2D eigenvalue weighted by Crippen LogP contribution is 2.33. The van der Waals surface area contributed by atoms with Gasteiger partial charge in [-0.1, -0.05) is 0 Å². The molecule has 2 rings (SSSR count). The maximum absolute atomic E-state index is 13.5. The van der Waals surface area contributed by atoms with Gasteiger partial charge in [0, 0.05) is 11.6 Å². The summed E-state index contributed by atoms with van der Waals surface area (Å²) < 4.78 is 18.9. The molecule has 1 aromatic carbocycles. The Morgan fingerprint density at radius 3 is 2.78 bits per heavy atom. The number of ether oxygens (including phenoxy) is 1. The first kappa shape index (κ1) is 13.3. The third kappa shape index (κ3) is 2.65. The molecule has 100 valence electrons. The van der Waals surface area contributed by atoms with E-state index in [9.17, 15) is 4.39 Å². The average Bonchev–Trinajstić information content (AvgIpc) is 2.83. The van der Waals surface area contributed by atoms with E-state index in [1.165, 1.54) is 12.5 Å². The minimum Gasteiger partial charge on any atom is -0.496 e. The summed E-state index contributed by atoms with van der Waals surface area (Å²) in [7, 11) is 5.68. The lowest BCUT2D eigenvalue weighted by molar-refractivity contribution is 0.237. The predicted molar refractivity (Wildman–Crippen MR) is 70.4 cm³/mol. The first-order valence-corrected chi connectivity index (χ1v) is 6.36. The molecule has 4 heteroatoms. The molecule has 0 aromatic heterocycles. The van der Waals surface area contributed by atoms with E-state index in [1.807, 2.05) is 14.1 Å². The van der Waals surface area contributed by atoms with Crippen LogP contribution in [-0.4, -0.2) is 38.7 Å². The Labute approximate surface area is 108 Å². The van der Waals surface area contributed by atoms with Gasteiger partial charge in [0.25, 0.3) is 0 Å². The second-order valence-corrected chi connectivity index (χ2v) is 5.00. The minimum atomic E-state index is -0.212. The number of nitrogens with one attached hydrogen (secondary N) is 1. The summed E-state index contributed by atoms with van der Waals surface area (Å²) in [4.78, 5) is 2.13. The van der Waals surface area contributed by atoms with Crippen molar-refractivity contribution in [3.8, 4) is 5.75 Å². The minimum absolute atomic E-state index is 0.137. The van der Waals surface area contributed by atoms with Gasteiger partial charge in [0.2, 0.25) is 0 Å². The van der Waals surface area contributed by atoms with Gasteiger partial charge in [-0.15, -0.1) is 0 Å². The first-order chi connectivity index (χ1) is 8.63. The highest BCUT2D eigenvalue weighted by molar-refractivity contribution is 5.37. The summed E-state index contributed by atoms with van der Waals surface area (Å²) in [6, 6.07) is 5.23. The fraction of sp³-hybridized carbons (Fsp3) is 0.571. The number of rotatable bonds is 4. The fourth-order valence-electron chi connectivity index (χ4n) is 2.77. The Hall–Kier alpha value is -1.13. The number of likely N-dealkylation sites (N-methyl/N-ethyl adjacent to an activating group) is 1. The van der Waals surface area contributed by atoms with Crippen LogP contribution in [0.25, 0.3) is 0 Å². The topological polar surface area (TPSA) is 24.5 Å². The molecule has 1 saturated heterocycles. The van der Waals surface area contributed by atoms with Crippen LogP contribution in [0.3, 0.4) is 0 Å². The van der Waals surface area contributed by atoms with E-state index in [0.29, 0.717) is 6.04 Å². The molecule has 1 heterocycles. The van der Waals surface area contributed by atoms with Crippen molar-refractivity contribution in [3.63, 3.8) is 0 Å². The Balaban J connectivity index is 2.37. The molecule has 0 spiro atoms. The van der Waals surface area contributed by atoms with E-state index in [-0.39, 0.29) is 11.9 Å². The zero-order valence-corrected chi connectivity index (χ0v) is 11.2. The molecule has 0 saturated carbocycles. The fourth-order valence-corrected chi connectivity index (χ4v) is 2.77. The van der Waals surface area contributed by atoms with E-state index < -0.39 is 0 Å². The molecule has 1 aliphatic heterocycles. The number of nitrogens with zero attached hydrogens (tertiary/aromatic N) is 1. The van der Waals surface area contributed by atoms with Crippen molar-refractivity contribution in [2.24, 2.45) is 0 Å². The van der Waals surface area contributed by atoms with E-state index >= 15 is 0 Å². The third-order valence-corrected chi connectivity index (χ3v) is 3.55. The molecular weight excluding hydrogens is 231 g/mol. The molecule has 0 radical (unpaired) electrons. The van der Waals surface area contributed by atoms with Gasteiger partial charge < -0.3 is 15.0 Å². The standard InChI is InChI=1S/C14H21FN2O/c1-17(2)14(12-5-4-8-16-12)11-9-10(15)6-7-13(11)18-3/h6-7,9,12,14,16H,4-5,8H2,1-3H3. The van der Waals surface area contributed by atoms with E-state index in [4.69, 9.17) is 4.74 Å². The SMILES string of the molecule is COc1ccc(F)cc1C(C1CCCN1)N(C)C. The largest absolute Gasteiger partial charge is 0.496 e. The van der Waals surface area contributed by atoms with Gasteiger partial charge in [-0.25, -0.2) is 4.39 Å². The van der Waals surface area contributed by atoms with Gasteiger partial charge in [0.15, 0.2) is 0 Å². The van der Waals surface area contributed by atoms with Gasteiger partial charge in [0.05, 0.1) is 13.2 Å². The Bertz CT molecular complexity index is 403. The maximum Gasteiger partial charge on any atom is 0.123 e. The van der Waals surface area contributed by atoms with Crippen LogP contribution in [0.2, 0.25) is 0 Å². The number of hydrogen-bond donors (Lipinski definition) is 1. The normalized spacial score (nSPS) is 21.3. The summed E-state index contributed by atoms with van der Waals surface area (Å²) >= 11 is 0. The zero-order chi connectivity index (χ0) is 13.1. The van der Waals surface area contributed by atoms with Crippen molar-refractivity contribution in [2.75, 3.05) is 27.7 Å². The molecule has 18 heavy (non-hydrogen) atoms. The molecule has 1 N–H and O–H groups in total. The average molecular weight is 252 g/mol. The predicted octanol–water partition coefficient (Wildman–Crippen LogP) is 2.19. The van der Waals surface area contributed by atoms with Gasteiger partial charge in [-0.05, 0) is 51.7 Å². The van der Waals surface area contributed by atoms with Crippen LogP contribution < -0.4 is 10.1 Å². The van der Waals surface area contributed by atoms with E-state index in [2.05, 4.69) is 10.2 Å². The lowest BCUT2D eigenvalue weighted by Gasteiger charge is -2.31. The van der Waals surface area contributed by atoms with Crippen LogP contribution >= 0.6 is 0 Å². The van der Waals surface area contributed by atoms with Gasteiger partial charge in [0.1, 0.15) is 11.6 Å². The molecule has 3 nitrogen and oxygen atoms in total. The monoisotopic (exact) mass is 252 g/mol. The number of halogens is 1. The van der Waals surface area contributed by atoms with Crippen molar-refractivity contribution in [1.82, 2.24) is 10.2 Å². The first-order valence-electron chi connectivity index (χ1n) is 6.36. The maximum atomic E-state index is 13.5. The van der Waals surface area contributed by atoms with Crippen LogP contribution in [0.1, 0.15) is 24.4 Å². The van der Waals surface area contributed by atoms with Crippen molar-refractivity contribution >= 4 is 0 Å². The summed E-state index contributed by atoms with van der Waals surface area (Å²) in [5.41, 5.74) is 0.918. The van der Waals surface area contributed by atoms with Crippen molar-refractivity contribution < 1.29 is 9.13 Å². The third-order valence-electron chi connectivity index (χ3n) is 3.55. The van der Waals surface area contributed by atoms with Crippen LogP contribution in [-0.2, 0) is 0 Å². The van der Waals surface area contributed by atoms with Gasteiger partial charge >= 0.3 is 0 Å². The Morgan fingerprint density at radius 2 is 2.22 bits per heavy atom. The summed E-state index contributed by atoms with van der Waals surface area (Å²) in [5, 5.41) is 3.49. The summed E-state index contributed by atoms with van der Waals surface area (Å²) in [6.07, 6.45) is 2.29. The van der Waals surface area contributed by atoms with Crippen molar-refractivity contribution in [1.29, 1.82) is 0 Å². The molecule has 0 aliphatic carbocycles. The number of hydrogen-bond acceptors (Lipinski definition) is 3. The highest BCUT2D eigenvalue weighted by atomic mass is 19.1. The second kappa shape index (κ2) is 5.67. The van der Waals surface area contributed by atoms with Crippen molar-refractivity contribution in [2.45, 2.75) is 24.9 Å². The van der Waals surface area contributed by atoms with Gasteiger partial charge in [-0.3, -0.25) is 0 Å². The quantitative estimate of drug-likeness (QED) is 0.889. The zero-order valence-electron chi connectivity index (χ0n) is 11.2. The summed E-state index contributed by atoms with van der Waals surface area (Å²) in [5.74, 6) is 0.541. The van der Waals surface area contributed by atoms with Crippen LogP contribution in [0.5, 0.6) is 5.75 Å². The molecule has 1 aliphatic rings. The molecule has 0 amide bonds. The lowest BCUT2D eigenvalue weighted by Crippen LogP contribution is -2.37. The van der Waals surface area contributed by atoms with Gasteiger partial charge in [-0.2, -0.15) is 0 Å². The highest BCUT2D eigenvalue weighted by Gasteiger charge is 2.30. The Morgan fingerprint density at radius 1 is 1.44 bits per heavy atom. The molecule has 1 fully saturated rings. The van der Waals surface area contributed by atoms with Crippen LogP contribution in [0, 0.1) is 5.82 Å². The van der Waals surface area contributed by atoms with E-state index in [0.717, 1.165) is 24.3 Å². The smallest absolute Gasteiger partial charge is 0.123 e. The second-order valence-electron chi connectivity index (χ2n) is 5.00. The molecular formula is C14H21FN2O. The molecule has 2 unspecified atom stereocenters. The Kier molecular flexibility index (Phi) is 4.19. The van der Waals surface area contributed by atoms with Crippen LogP contribution in [0.15, 0.2) is 18.2 Å².